The Morgan fingerprint density at radius 1 is 1.25 bits per heavy atom. The first-order valence-electron chi connectivity index (χ1n) is 7.74. The van der Waals surface area contributed by atoms with Gasteiger partial charge in [-0.15, -0.1) is 0 Å². The molecule has 0 aromatic heterocycles. The number of ether oxygens (including phenoxy) is 1. The number of hydrogen-bond donors (Lipinski definition) is 1. The van der Waals surface area contributed by atoms with Crippen molar-refractivity contribution < 1.29 is 9.53 Å². The zero-order valence-electron chi connectivity index (χ0n) is 12.3. The Balaban J connectivity index is 1.67. The predicted molar refractivity (Wildman–Crippen MR) is 80.4 cm³/mol. The second-order valence-electron chi connectivity index (χ2n) is 5.68. The molecule has 0 heterocycles. The van der Waals surface area contributed by atoms with Crippen LogP contribution in [0.4, 0.5) is 4.79 Å². The first-order valence-corrected chi connectivity index (χ1v) is 7.74. The van der Waals surface area contributed by atoms with Gasteiger partial charge in [-0.3, -0.25) is 0 Å². The first-order chi connectivity index (χ1) is 9.79. The highest BCUT2D eigenvalue weighted by Crippen LogP contribution is 2.34. The van der Waals surface area contributed by atoms with Gasteiger partial charge in [0.2, 0.25) is 0 Å². The zero-order valence-corrected chi connectivity index (χ0v) is 12.3. The van der Waals surface area contributed by atoms with Crippen LogP contribution in [-0.4, -0.2) is 12.6 Å². The summed E-state index contributed by atoms with van der Waals surface area (Å²) >= 11 is 0. The number of hydrogen-bond acceptors (Lipinski definition) is 2. The Bertz CT molecular complexity index is 405. The molecule has 0 spiro atoms. The van der Waals surface area contributed by atoms with Crippen molar-refractivity contribution in [1.29, 1.82) is 0 Å². The molecular weight excluding hydrogens is 250 g/mol. The molecule has 1 aromatic rings. The lowest BCUT2D eigenvalue weighted by Crippen LogP contribution is -2.31. The van der Waals surface area contributed by atoms with Crippen LogP contribution >= 0.6 is 0 Å². The summed E-state index contributed by atoms with van der Waals surface area (Å²) in [5.74, 6) is 1.42. The fraction of sp³-hybridized carbons (Fsp3) is 0.588. The Morgan fingerprint density at radius 2 is 2.00 bits per heavy atom. The normalized spacial score (nSPS) is 21.6. The monoisotopic (exact) mass is 275 g/mol. The summed E-state index contributed by atoms with van der Waals surface area (Å²) in [6, 6.07) is 9.77. The zero-order chi connectivity index (χ0) is 14.2. The molecule has 3 nitrogen and oxygen atoms in total. The lowest BCUT2D eigenvalue weighted by atomic mass is 9.92. The van der Waals surface area contributed by atoms with Gasteiger partial charge in [0, 0.05) is 6.54 Å². The summed E-state index contributed by atoms with van der Waals surface area (Å²) in [5, 5.41) is 2.92. The van der Waals surface area contributed by atoms with Crippen molar-refractivity contribution in [2.45, 2.75) is 45.6 Å². The standard InChI is InChI=1S/C17H25NO2/c1-2-7-15-10-6-11-16(15)12-18-17(19)20-13-14-8-4-3-5-9-14/h3-5,8-9,15-16H,2,6-7,10-13H2,1H3,(H,18,19). The van der Waals surface area contributed by atoms with Gasteiger partial charge < -0.3 is 10.1 Å². The van der Waals surface area contributed by atoms with Gasteiger partial charge in [0.25, 0.3) is 0 Å². The van der Waals surface area contributed by atoms with Crippen LogP contribution in [0.25, 0.3) is 0 Å². The minimum atomic E-state index is -0.295. The van der Waals surface area contributed by atoms with E-state index in [0.29, 0.717) is 12.5 Å². The fourth-order valence-electron chi connectivity index (χ4n) is 3.12. The number of rotatable bonds is 6. The minimum absolute atomic E-state index is 0.295. The molecule has 0 aliphatic heterocycles. The van der Waals surface area contributed by atoms with E-state index in [1.54, 1.807) is 0 Å². The van der Waals surface area contributed by atoms with E-state index in [-0.39, 0.29) is 6.09 Å². The van der Waals surface area contributed by atoms with E-state index in [1.165, 1.54) is 32.1 Å². The number of amides is 1. The number of carbonyl (C=O) groups is 1. The van der Waals surface area contributed by atoms with E-state index in [2.05, 4.69) is 12.2 Å². The minimum Gasteiger partial charge on any atom is -0.445 e. The molecule has 0 bridgehead atoms. The van der Waals surface area contributed by atoms with Crippen LogP contribution in [-0.2, 0) is 11.3 Å². The maximum Gasteiger partial charge on any atom is 0.407 e. The summed E-state index contributed by atoms with van der Waals surface area (Å²) in [6.07, 6.45) is 6.08. The van der Waals surface area contributed by atoms with Crippen LogP contribution in [0.2, 0.25) is 0 Å². The molecule has 1 fully saturated rings. The van der Waals surface area contributed by atoms with Gasteiger partial charge in [0.05, 0.1) is 0 Å². The Morgan fingerprint density at radius 3 is 2.75 bits per heavy atom. The average molecular weight is 275 g/mol. The van der Waals surface area contributed by atoms with Crippen LogP contribution in [0.15, 0.2) is 30.3 Å². The largest absolute Gasteiger partial charge is 0.445 e. The summed E-state index contributed by atoms with van der Waals surface area (Å²) < 4.78 is 5.23. The van der Waals surface area contributed by atoms with E-state index >= 15 is 0 Å². The number of benzene rings is 1. The Kier molecular flexibility index (Phi) is 5.90. The van der Waals surface area contributed by atoms with Gasteiger partial charge in [-0.1, -0.05) is 62.9 Å². The first kappa shape index (κ1) is 14.9. The average Bonchev–Trinajstić information content (AvgIpc) is 2.92. The van der Waals surface area contributed by atoms with Gasteiger partial charge in [0.15, 0.2) is 0 Å². The van der Waals surface area contributed by atoms with Crippen molar-refractivity contribution in [2.24, 2.45) is 11.8 Å². The summed E-state index contributed by atoms with van der Waals surface area (Å²) in [4.78, 5) is 11.7. The smallest absolute Gasteiger partial charge is 0.407 e. The van der Waals surface area contributed by atoms with Crippen molar-refractivity contribution in [2.75, 3.05) is 6.54 Å². The molecule has 0 saturated heterocycles. The molecule has 1 aliphatic rings. The third kappa shape index (κ3) is 4.55. The lowest BCUT2D eigenvalue weighted by molar-refractivity contribution is 0.137. The quantitative estimate of drug-likeness (QED) is 0.847. The maximum absolute atomic E-state index is 11.7. The van der Waals surface area contributed by atoms with Crippen molar-refractivity contribution in [3.05, 3.63) is 35.9 Å². The van der Waals surface area contributed by atoms with Gasteiger partial charge >= 0.3 is 6.09 Å². The SMILES string of the molecule is CCCC1CCCC1CNC(=O)OCc1ccccc1. The molecule has 1 amide bonds. The number of nitrogens with one attached hydrogen (secondary N) is 1. The molecule has 1 saturated carbocycles. The molecule has 0 radical (unpaired) electrons. The van der Waals surface area contributed by atoms with Crippen LogP contribution in [0.3, 0.4) is 0 Å². The second kappa shape index (κ2) is 7.93. The van der Waals surface area contributed by atoms with E-state index in [1.807, 2.05) is 30.3 Å². The Labute approximate surface area is 121 Å². The molecule has 1 aromatic carbocycles. The molecular formula is C17H25NO2. The third-order valence-corrected chi connectivity index (χ3v) is 4.20. The summed E-state index contributed by atoms with van der Waals surface area (Å²) in [5.41, 5.74) is 1.02. The topological polar surface area (TPSA) is 38.3 Å². The highest BCUT2D eigenvalue weighted by molar-refractivity contribution is 5.67. The van der Waals surface area contributed by atoms with E-state index in [4.69, 9.17) is 4.74 Å². The number of carbonyl (C=O) groups excluding carboxylic acids is 1. The van der Waals surface area contributed by atoms with Crippen molar-refractivity contribution in [1.82, 2.24) is 5.32 Å². The molecule has 110 valence electrons. The highest BCUT2D eigenvalue weighted by Gasteiger charge is 2.26. The van der Waals surface area contributed by atoms with Gasteiger partial charge in [-0.25, -0.2) is 4.79 Å². The van der Waals surface area contributed by atoms with Crippen LogP contribution < -0.4 is 5.32 Å². The van der Waals surface area contributed by atoms with Gasteiger partial charge in [-0.05, 0) is 23.8 Å². The maximum atomic E-state index is 11.7. The van der Waals surface area contributed by atoms with Crippen molar-refractivity contribution in [3.8, 4) is 0 Å². The molecule has 2 rings (SSSR count). The van der Waals surface area contributed by atoms with Crippen LogP contribution in [0, 0.1) is 11.8 Å². The molecule has 3 heteroatoms. The molecule has 1 N–H and O–H groups in total. The molecule has 20 heavy (non-hydrogen) atoms. The van der Waals surface area contributed by atoms with E-state index < -0.39 is 0 Å². The molecule has 2 unspecified atom stereocenters. The Hall–Kier alpha value is -1.51. The van der Waals surface area contributed by atoms with Crippen LogP contribution in [0.5, 0.6) is 0 Å². The molecule has 2 atom stereocenters. The van der Waals surface area contributed by atoms with Gasteiger partial charge in [0.1, 0.15) is 6.61 Å². The summed E-state index contributed by atoms with van der Waals surface area (Å²) in [7, 11) is 0. The second-order valence-corrected chi connectivity index (χ2v) is 5.68. The predicted octanol–water partition coefficient (Wildman–Crippen LogP) is 4.13. The highest BCUT2D eigenvalue weighted by atomic mass is 16.5. The van der Waals surface area contributed by atoms with E-state index in [9.17, 15) is 4.79 Å². The third-order valence-electron chi connectivity index (χ3n) is 4.20. The lowest BCUT2D eigenvalue weighted by Gasteiger charge is -2.19. The van der Waals surface area contributed by atoms with Crippen molar-refractivity contribution in [3.63, 3.8) is 0 Å². The number of alkyl carbamates (subject to hydrolysis) is 1. The van der Waals surface area contributed by atoms with Crippen LogP contribution in [0.1, 0.15) is 44.6 Å². The molecule has 1 aliphatic carbocycles. The van der Waals surface area contributed by atoms with Gasteiger partial charge in [-0.2, -0.15) is 0 Å². The summed E-state index contributed by atoms with van der Waals surface area (Å²) in [6.45, 7) is 3.34. The van der Waals surface area contributed by atoms with E-state index in [0.717, 1.165) is 18.0 Å². The van der Waals surface area contributed by atoms with Crippen molar-refractivity contribution >= 4 is 6.09 Å². The fourth-order valence-corrected chi connectivity index (χ4v) is 3.12.